The van der Waals surface area contributed by atoms with E-state index in [-0.39, 0.29) is 0 Å². The zero-order valence-electron chi connectivity index (χ0n) is 21.0. The lowest BCUT2D eigenvalue weighted by Gasteiger charge is -2.23. The van der Waals surface area contributed by atoms with Crippen molar-refractivity contribution in [2.24, 2.45) is 0 Å². The van der Waals surface area contributed by atoms with Crippen molar-refractivity contribution in [3.05, 3.63) is 101 Å². The molecule has 1 aliphatic rings. The number of allylic oxidation sites excluding steroid dienone is 1. The van der Waals surface area contributed by atoms with E-state index in [4.69, 9.17) is 16.6 Å². The topological polar surface area (TPSA) is 28.2 Å². The average molecular weight is 518 g/mol. The van der Waals surface area contributed by atoms with E-state index >= 15 is 0 Å². The van der Waals surface area contributed by atoms with Crippen LogP contribution in [0.3, 0.4) is 0 Å². The van der Waals surface area contributed by atoms with Crippen LogP contribution in [0.2, 0.25) is 5.02 Å². The van der Waals surface area contributed by atoms with Crippen molar-refractivity contribution in [3.8, 4) is 11.3 Å². The number of nitrogens with one attached hydrogen (secondary N) is 1. The summed E-state index contributed by atoms with van der Waals surface area (Å²) in [6.07, 6.45) is 12.8. The van der Waals surface area contributed by atoms with Crippen LogP contribution in [0.5, 0.6) is 0 Å². The van der Waals surface area contributed by atoms with Gasteiger partial charge in [-0.1, -0.05) is 78.7 Å². The number of thiazole rings is 1. The molecule has 0 unspecified atom stereocenters. The fourth-order valence-corrected chi connectivity index (χ4v) is 5.53. The third-order valence-corrected chi connectivity index (χ3v) is 7.72. The fraction of sp³-hybridized carbons (Fsp3) is 0.323. The first-order chi connectivity index (χ1) is 17.6. The molecule has 0 fully saturated rings. The Hall–Kier alpha value is -2.82. The molecule has 0 saturated heterocycles. The van der Waals surface area contributed by atoms with E-state index in [2.05, 4.69) is 65.2 Å². The first-order valence-corrected chi connectivity index (χ1v) is 14.2. The Morgan fingerprint density at radius 3 is 2.81 bits per heavy atom. The molecular formula is C31H36ClN3S. The smallest absolute Gasteiger partial charge is 0.186 e. The molecule has 0 saturated carbocycles. The molecule has 1 aliphatic carbocycles. The minimum absolute atomic E-state index is 0.736. The molecule has 0 aliphatic heterocycles. The molecule has 1 aromatic heterocycles. The molecule has 5 heteroatoms. The Morgan fingerprint density at radius 1 is 1.14 bits per heavy atom. The number of hydrogen-bond donors (Lipinski definition) is 1. The number of nitrogens with zero attached hydrogens (tertiary/aromatic N) is 2. The predicted molar refractivity (Wildman–Crippen MR) is 158 cm³/mol. The largest absolute Gasteiger partial charge is 0.385 e. The molecule has 1 heterocycles. The number of anilines is 1. The molecule has 2 aromatic carbocycles. The number of benzene rings is 2. The Bertz CT molecular complexity index is 1180. The van der Waals surface area contributed by atoms with Gasteiger partial charge in [-0.05, 0) is 61.8 Å². The van der Waals surface area contributed by atoms with Gasteiger partial charge in [0.2, 0.25) is 0 Å². The van der Waals surface area contributed by atoms with Gasteiger partial charge in [0.15, 0.2) is 5.13 Å². The van der Waals surface area contributed by atoms with E-state index in [1.165, 1.54) is 37.7 Å². The van der Waals surface area contributed by atoms with Crippen LogP contribution in [-0.4, -0.2) is 18.1 Å². The van der Waals surface area contributed by atoms with Gasteiger partial charge >= 0.3 is 0 Å². The third-order valence-electron chi connectivity index (χ3n) is 6.58. The second-order valence-corrected chi connectivity index (χ2v) is 10.6. The highest BCUT2D eigenvalue weighted by Crippen LogP contribution is 2.31. The quantitative estimate of drug-likeness (QED) is 0.192. The molecule has 3 aromatic rings. The Balaban J connectivity index is 1.49. The number of aromatic nitrogens is 1. The maximum Gasteiger partial charge on any atom is 0.186 e. The standard InChI is InChI=1S/C31H36ClN3S/c1-3-4-19-33-24(2)27-16-14-26(15-17-27)22-35(20-18-25-10-7-5-6-8-11-25)31-34-30(23-36-31)28-12-9-13-29(32)21-28/h3,9-10,12-17,21,23,33H,1-2,4-8,11,18-20,22H2. The van der Waals surface area contributed by atoms with E-state index in [1.807, 2.05) is 24.3 Å². The van der Waals surface area contributed by atoms with Crippen LogP contribution in [0.4, 0.5) is 5.13 Å². The molecule has 3 nitrogen and oxygen atoms in total. The highest BCUT2D eigenvalue weighted by molar-refractivity contribution is 7.14. The Kier molecular flexibility index (Phi) is 9.83. The number of hydrogen-bond acceptors (Lipinski definition) is 4. The summed E-state index contributed by atoms with van der Waals surface area (Å²) in [5, 5.41) is 7.30. The van der Waals surface area contributed by atoms with Crippen molar-refractivity contribution < 1.29 is 0 Å². The van der Waals surface area contributed by atoms with E-state index < -0.39 is 0 Å². The Morgan fingerprint density at radius 2 is 2.00 bits per heavy atom. The Labute approximate surface area is 225 Å². The second-order valence-electron chi connectivity index (χ2n) is 9.34. The van der Waals surface area contributed by atoms with Crippen molar-refractivity contribution in [1.82, 2.24) is 10.3 Å². The summed E-state index contributed by atoms with van der Waals surface area (Å²) in [6, 6.07) is 16.7. The van der Waals surface area contributed by atoms with Crippen LogP contribution in [0.1, 0.15) is 56.1 Å². The van der Waals surface area contributed by atoms with Crippen LogP contribution >= 0.6 is 22.9 Å². The summed E-state index contributed by atoms with van der Waals surface area (Å²) in [5.41, 5.74) is 6.98. The fourth-order valence-electron chi connectivity index (χ4n) is 4.48. The molecule has 4 rings (SSSR count). The van der Waals surface area contributed by atoms with Crippen molar-refractivity contribution in [2.75, 3.05) is 18.0 Å². The van der Waals surface area contributed by atoms with Crippen LogP contribution in [0.15, 0.2) is 84.8 Å². The van der Waals surface area contributed by atoms with Gasteiger partial charge in [-0.3, -0.25) is 0 Å². The molecule has 188 valence electrons. The van der Waals surface area contributed by atoms with Crippen LogP contribution < -0.4 is 10.2 Å². The molecule has 36 heavy (non-hydrogen) atoms. The summed E-state index contributed by atoms with van der Waals surface area (Å²) in [6.45, 7) is 10.6. The van der Waals surface area contributed by atoms with E-state index in [9.17, 15) is 0 Å². The van der Waals surface area contributed by atoms with Gasteiger partial charge in [-0.15, -0.1) is 17.9 Å². The lowest BCUT2D eigenvalue weighted by atomic mass is 10.1. The normalized spacial score (nSPS) is 13.5. The predicted octanol–water partition coefficient (Wildman–Crippen LogP) is 8.89. The van der Waals surface area contributed by atoms with Gasteiger partial charge in [-0.25, -0.2) is 4.98 Å². The lowest BCUT2D eigenvalue weighted by molar-refractivity contribution is 0.693. The van der Waals surface area contributed by atoms with Crippen molar-refractivity contribution in [2.45, 2.75) is 51.5 Å². The zero-order chi connectivity index (χ0) is 25.2. The minimum Gasteiger partial charge on any atom is -0.385 e. The van der Waals surface area contributed by atoms with Gasteiger partial charge in [0, 0.05) is 41.3 Å². The van der Waals surface area contributed by atoms with Gasteiger partial charge in [0.1, 0.15) is 0 Å². The SMILES string of the molecule is C=CCCNC(=C)c1ccc(CN(CCC2=CCCCCC2)c2nc(-c3cccc(Cl)c3)cs2)cc1. The highest BCUT2D eigenvalue weighted by atomic mass is 35.5. The summed E-state index contributed by atoms with van der Waals surface area (Å²) in [5.74, 6) is 0. The van der Waals surface area contributed by atoms with E-state index in [1.54, 1.807) is 16.9 Å². The van der Waals surface area contributed by atoms with Gasteiger partial charge in [0.05, 0.1) is 5.69 Å². The van der Waals surface area contributed by atoms with E-state index in [0.29, 0.717) is 0 Å². The van der Waals surface area contributed by atoms with Crippen LogP contribution in [0, 0.1) is 0 Å². The maximum atomic E-state index is 6.23. The summed E-state index contributed by atoms with van der Waals surface area (Å²) < 4.78 is 0. The monoisotopic (exact) mass is 517 g/mol. The van der Waals surface area contributed by atoms with Gasteiger partial charge < -0.3 is 10.2 Å². The molecular weight excluding hydrogens is 482 g/mol. The van der Waals surface area contributed by atoms with E-state index in [0.717, 1.165) is 65.1 Å². The molecule has 0 radical (unpaired) electrons. The lowest BCUT2D eigenvalue weighted by Crippen LogP contribution is -2.24. The first-order valence-electron chi connectivity index (χ1n) is 12.9. The summed E-state index contributed by atoms with van der Waals surface area (Å²) in [7, 11) is 0. The van der Waals surface area contributed by atoms with Crippen LogP contribution in [-0.2, 0) is 6.54 Å². The maximum absolute atomic E-state index is 6.23. The zero-order valence-corrected chi connectivity index (χ0v) is 22.6. The molecule has 0 amide bonds. The van der Waals surface area contributed by atoms with Gasteiger partial charge in [0.25, 0.3) is 0 Å². The van der Waals surface area contributed by atoms with Crippen LogP contribution in [0.25, 0.3) is 17.0 Å². The van der Waals surface area contributed by atoms with Gasteiger partial charge in [-0.2, -0.15) is 0 Å². The van der Waals surface area contributed by atoms with Crippen molar-refractivity contribution in [3.63, 3.8) is 0 Å². The average Bonchev–Trinajstić information content (AvgIpc) is 3.24. The molecule has 0 atom stereocenters. The number of rotatable bonds is 12. The molecule has 0 spiro atoms. The van der Waals surface area contributed by atoms with Crippen molar-refractivity contribution in [1.29, 1.82) is 0 Å². The number of halogens is 1. The summed E-state index contributed by atoms with van der Waals surface area (Å²) >= 11 is 7.94. The minimum atomic E-state index is 0.736. The van der Waals surface area contributed by atoms with Crippen molar-refractivity contribution >= 4 is 33.8 Å². The first kappa shape index (κ1) is 26.2. The highest BCUT2D eigenvalue weighted by Gasteiger charge is 2.15. The summed E-state index contributed by atoms with van der Waals surface area (Å²) in [4.78, 5) is 7.45. The molecule has 1 N–H and O–H groups in total. The molecule has 0 bridgehead atoms. The second kappa shape index (κ2) is 13.5. The third kappa shape index (κ3) is 7.59.